The Kier molecular flexibility index (Phi) is 4.94. The fraction of sp³-hybridized carbons (Fsp3) is 0.200. The highest BCUT2D eigenvalue weighted by Gasteiger charge is 2.12. The van der Waals surface area contributed by atoms with Crippen LogP contribution in [-0.2, 0) is 4.79 Å². The van der Waals surface area contributed by atoms with Gasteiger partial charge in [-0.1, -0.05) is 6.07 Å². The van der Waals surface area contributed by atoms with Crippen LogP contribution in [0.15, 0.2) is 41.8 Å². The Morgan fingerprint density at radius 3 is 2.57 bits per heavy atom. The van der Waals surface area contributed by atoms with Crippen LogP contribution < -0.4 is 16.4 Å². The van der Waals surface area contributed by atoms with Gasteiger partial charge in [-0.15, -0.1) is 11.3 Å². The molecule has 21 heavy (non-hydrogen) atoms. The van der Waals surface area contributed by atoms with Gasteiger partial charge in [-0.3, -0.25) is 9.59 Å². The predicted octanol–water partition coefficient (Wildman–Crippen LogP) is 1.94. The SMILES string of the molecule is CC(NC(=O)CNC(=O)c1ccc(N)cc1)c1cccs1. The van der Waals surface area contributed by atoms with E-state index in [0.717, 1.165) is 4.88 Å². The summed E-state index contributed by atoms with van der Waals surface area (Å²) in [6, 6.07) is 10.4. The fourth-order valence-electron chi connectivity index (χ4n) is 1.80. The summed E-state index contributed by atoms with van der Waals surface area (Å²) in [7, 11) is 0. The van der Waals surface area contributed by atoms with Crippen LogP contribution in [0.3, 0.4) is 0 Å². The van der Waals surface area contributed by atoms with Crippen molar-refractivity contribution in [1.82, 2.24) is 10.6 Å². The number of nitrogens with one attached hydrogen (secondary N) is 2. The van der Waals surface area contributed by atoms with Crippen LogP contribution in [0.5, 0.6) is 0 Å². The Morgan fingerprint density at radius 2 is 1.95 bits per heavy atom. The van der Waals surface area contributed by atoms with Gasteiger partial charge in [0.1, 0.15) is 0 Å². The topological polar surface area (TPSA) is 84.2 Å². The van der Waals surface area contributed by atoms with Crippen LogP contribution in [0.4, 0.5) is 5.69 Å². The van der Waals surface area contributed by atoms with Crippen molar-refractivity contribution in [3.8, 4) is 0 Å². The number of anilines is 1. The number of hydrogen-bond acceptors (Lipinski definition) is 4. The van der Waals surface area contributed by atoms with Gasteiger partial charge in [-0.05, 0) is 42.6 Å². The summed E-state index contributed by atoms with van der Waals surface area (Å²) >= 11 is 1.58. The zero-order valence-electron chi connectivity index (χ0n) is 11.6. The lowest BCUT2D eigenvalue weighted by atomic mass is 10.2. The molecule has 0 aliphatic rings. The molecular weight excluding hydrogens is 286 g/mol. The monoisotopic (exact) mass is 303 g/mol. The van der Waals surface area contributed by atoms with Crippen LogP contribution >= 0.6 is 11.3 Å². The molecule has 0 aliphatic heterocycles. The number of benzene rings is 1. The molecule has 6 heteroatoms. The molecule has 0 saturated heterocycles. The van der Waals surface area contributed by atoms with Crippen LogP contribution in [0, 0.1) is 0 Å². The number of amides is 2. The van der Waals surface area contributed by atoms with Gasteiger partial charge in [0.2, 0.25) is 5.91 Å². The van der Waals surface area contributed by atoms with E-state index in [9.17, 15) is 9.59 Å². The zero-order valence-corrected chi connectivity index (χ0v) is 12.4. The summed E-state index contributed by atoms with van der Waals surface area (Å²) in [6.45, 7) is 1.85. The first-order valence-corrected chi connectivity index (χ1v) is 7.40. The van der Waals surface area contributed by atoms with Crippen molar-refractivity contribution in [2.75, 3.05) is 12.3 Å². The summed E-state index contributed by atoms with van der Waals surface area (Å²) < 4.78 is 0. The molecule has 4 N–H and O–H groups in total. The summed E-state index contributed by atoms with van der Waals surface area (Å²) in [5.41, 5.74) is 6.62. The van der Waals surface area contributed by atoms with Crippen molar-refractivity contribution in [3.05, 3.63) is 52.2 Å². The highest BCUT2D eigenvalue weighted by molar-refractivity contribution is 7.10. The van der Waals surface area contributed by atoms with Gasteiger partial charge >= 0.3 is 0 Å². The largest absolute Gasteiger partial charge is 0.399 e. The highest BCUT2D eigenvalue weighted by atomic mass is 32.1. The van der Waals surface area contributed by atoms with Crippen LogP contribution in [0.2, 0.25) is 0 Å². The Morgan fingerprint density at radius 1 is 1.24 bits per heavy atom. The van der Waals surface area contributed by atoms with Gasteiger partial charge in [0.15, 0.2) is 0 Å². The first-order chi connectivity index (χ1) is 10.1. The summed E-state index contributed by atoms with van der Waals surface area (Å²) in [6.07, 6.45) is 0. The van der Waals surface area contributed by atoms with Gasteiger partial charge < -0.3 is 16.4 Å². The maximum absolute atomic E-state index is 11.8. The molecule has 0 fully saturated rings. The summed E-state index contributed by atoms with van der Waals surface area (Å²) in [4.78, 5) is 24.7. The predicted molar refractivity (Wildman–Crippen MR) is 84.1 cm³/mol. The number of thiophene rings is 1. The second kappa shape index (κ2) is 6.90. The van der Waals surface area contributed by atoms with Crippen molar-refractivity contribution in [3.63, 3.8) is 0 Å². The molecule has 0 bridgehead atoms. The molecule has 0 radical (unpaired) electrons. The molecule has 1 aromatic heterocycles. The first kappa shape index (κ1) is 15.1. The number of rotatable bonds is 5. The molecule has 1 aromatic carbocycles. The molecule has 0 saturated carbocycles. The molecule has 1 unspecified atom stereocenters. The van der Waals surface area contributed by atoms with Gasteiger partial charge in [-0.25, -0.2) is 0 Å². The number of hydrogen-bond donors (Lipinski definition) is 3. The van der Waals surface area contributed by atoms with Gasteiger partial charge in [0.25, 0.3) is 5.91 Å². The number of nitrogen functional groups attached to an aromatic ring is 1. The van der Waals surface area contributed by atoms with E-state index >= 15 is 0 Å². The molecule has 0 aliphatic carbocycles. The number of carbonyl (C=O) groups excluding carboxylic acids is 2. The van der Waals surface area contributed by atoms with E-state index in [4.69, 9.17) is 5.73 Å². The average Bonchev–Trinajstić information content (AvgIpc) is 3.00. The lowest BCUT2D eigenvalue weighted by molar-refractivity contribution is -0.120. The zero-order chi connectivity index (χ0) is 15.2. The Bertz CT molecular complexity index is 608. The third-order valence-electron chi connectivity index (χ3n) is 2.93. The van der Waals surface area contributed by atoms with Crippen LogP contribution in [0.25, 0.3) is 0 Å². The maximum atomic E-state index is 11.8. The standard InChI is InChI=1S/C15H17N3O2S/c1-10(13-3-2-8-21-13)18-14(19)9-17-15(20)11-4-6-12(16)7-5-11/h2-8,10H,9,16H2,1H3,(H,17,20)(H,18,19). The Balaban J connectivity index is 1.81. The molecule has 1 atom stereocenters. The smallest absolute Gasteiger partial charge is 0.251 e. The van der Waals surface area contributed by atoms with E-state index < -0.39 is 0 Å². The van der Waals surface area contributed by atoms with Crippen LogP contribution in [0.1, 0.15) is 28.2 Å². The highest BCUT2D eigenvalue weighted by Crippen LogP contribution is 2.17. The quantitative estimate of drug-likeness (QED) is 0.738. The maximum Gasteiger partial charge on any atom is 0.251 e. The molecule has 0 spiro atoms. The van der Waals surface area contributed by atoms with E-state index in [1.807, 2.05) is 24.4 Å². The number of carbonyl (C=O) groups is 2. The second-order valence-electron chi connectivity index (χ2n) is 4.61. The van der Waals surface area contributed by atoms with Crippen molar-refractivity contribution in [2.45, 2.75) is 13.0 Å². The summed E-state index contributed by atoms with van der Waals surface area (Å²) in [5, 5.41) is 7.37. The molecule has 2 aromatic rings. The third kappa shape index (κ3) is 4.32. The second-order valence-corrected chi connectivity index (χ2v) is 5.59. The molecule has 2 rings (SSSR count). The van der Waals surface area contributed by atoms with Crippen molar-refractivity contribution >= 4 is 28.8 Å². The lowest BCUT2D eigenvalue weighted by Gasteiger charge is -2.12. The van der Waals surface area contributed by atoms with E-state index in [0.29, 0.717) is 11.3 Å². The molecule has 110 valence electrons. The molecular formula is C15H17N3O2S. The van der Waals surface area contributed by atoms with Crippen molar-refractivity contribution in [2.24, 2.45) is 0 Å². The third-order valence-corrected chi connectivity index (χ3v) is 3.98. The van der Waals surface area contributed by atoms with Crippen molar-refractivity contribution < 1.29 is 9.59 Å². The van der Waals surface area contributed by atoms with Gasteiger partial charge in [-0.2, -0.15) is 0 Å². The molecule has 5 nitrogen and oxygen atoms in total. The van der Waals surface area contributed by atoms with Gasteiger partial charge in [0.05, 0.1) is 12.6 Å². The average molecular weight is 303 g/mol. The van der Waals surface area contributed by atoms with E-state index in [2.05, 4.69) is 10.6 Å². The minimum atomic E-state index is -0.297. The number of nitrogens with two attached hydrogens (primary N) is 1. The van der Waals surface area contributed by atoms with Crippen LogP contribution in [-0.4, -0.2) is 18.4 Å². The van der Waals surface area contributed by atoms with E-state index in [1.165, 1.54) is 0 Å². The first-order valence-electron chi connectivity index (χ1n) is 6.53. The minimum absolute atomic E-state index is 0.0566. The molecule has 2 amide bonds. The minimum Gasteiger partial charge on any atom is -0.399 e. The Hall–Kier alpha value is -2.34. The molecule has 1 heterocycles. The Labute approximate surface area is 127 Å². The van der Waals surface area contributed by atoms with Crippen molar-refractivity contribution in [1.29, 1.82) is 0 Å². The fourth-order valence-corrected chi connectivity index (χ4v) is 2.53. The normalized spacial score (nSPS) is 11.7. The van der Waals surface area contributed by atoms with Gasteiger partial charge in [0, 0.05) is 16.1 Å². The lowest BCUT2D eigenvalue weighted by Crippen LogP contribution is -2.37. The van der Waals surface area contributed by atoms with E-state index in [1.54, 1.807) is 35.6 Å². The summed E-state index contributed by atoms with van der Waals surface area (Å²) in [5.74, 6) is -0.520. The van der Waals surface area contributed by atoms with E-state index in [-0.39, 0.29) is 24.4 Å².